The van der Waals surface area contributed by atoms with Gasteiger partial charge in [0.2, 0.25) is 0 Å². The Bertz CT molecular complexity index is 814. The van der Waals surface area contributed by atoms with Gasteiger partial charge >= 0.3 is 6.18 Å². The number of nitrogens with zero attached hydrogens (tertiary/aromatic N) is 2. The van der Waals surface area contributed by atoms with Crippen molar-refractivity contribution in [2.24, 2.45) is 0 Å². The van der Waals surface area contributed by atoms with Gasteiger partial charge in [-0.1, -0.05) is 18.2 Å². The summed E-state index contributed by atoms with van der Waals surface area (Å²) in [6.45, 7) is 0. The van der Waals surface area contributed by atoms with E-state index in [0.29, 0.717) is 15.2 Å². The van der Waals surface area contributed by atoms with Crippen LogP contribution in [0.2, 0.25) is 0 Å². The van der Waals surface area contributed by atoms with Crippen LogP contribution in [0.1, 0.15) is 5.56 Å². The van der Waals surface area contributed by atoms with E-state index in [1.165, 1.54) is 29.7 Å². The first-order valence-corrected chi connectivity index (χ1v) is 7.81. The fraction of sp³-hybridized carbons (Fsp3) is 0.0667. The molecule has 2 aromatic heterocycles. The van der Waals surface area contributed by atoms with Crippen molar-refractivity contribution in [1.29, 1.82) is 0 Å². The topological polar surface area (TPSA) is 25.8 Å². The number of alkyl halides is 3. The van der Waals surface area contributed by atoms with Crippen LogP contribution in [-0.4, -0.2) is 9.97 Å². The van der Waals surface area contributed by atoms with E-state index >= 15 is 0 Å². The van der Waals surface area contributed by atoms with Gasteiger partial charge in [-0.25, -0.2) is 4.98 Å². The zero-order chi connectivity index (χ0) is 15.7. The maximum absolute atomic E-state index is 13.2. The molecular weight excluding hydrogens is 377 g/mol. The van der Waals surface area contributed by atoms with Gasteiger partial charge in [-0.15, -0.1) is 11.3 Å². The van der Waals surface area contributed by atoms with Gasteiger partial charge < -0.3 is 0 Å². The van der Waals surface area contributed by atoms with E-state index in [1.54, 1.807) is 24.4 Å². The highest BCUT2D eigenvalue weighted by Crippen LogP contribution is 2.40. The second-order valence-electron chi connectivity index (χ2n) is 4.42. The van der Waals surface area contributed by atoms with E-state index in [1.807, 2.05) is 0 Å². The van der Waals surface area contributed by atoms with E-state index < -0.39 is 11.7 Å². The van der Waals surface area contributed by atoms with Crippen molar-refractivity contribution in [1.82, 2.24) is 9.97 Å². The van der Waals surface area contributed by atoms with Crippen LogP contribution in [0.5, 0.6) is 0 Å². The lowest BCUT2D eigenvalue weighted by Gasteiger charge is -2.14. The number of aromatic nitrogens is 2. The number of benzene rings is 1. The van der Waals surface area contributed by atoms with Gasteiger partial charge in [-0.2, -0.15) is 13.2 Å². The summed E-state index contributed by atoms with van der Waals surface area (Å²) in [7, 11) is 0. The molecule has 0 radical (unpaired) electrons. The first-order chi connectivity index (χ1) is 10.5. The summed E-state index contributed by atoms with van der Waals surface area (Å²) in [6.07, 6.45) is -1.33. The fourth-order valence-corrected chi connectivity index (χ4v) is 3.43. The molecule has 0 fully saturated rings. The van der Waals surface area contributed by atoms with Crippen LogP contribution in [-0.2, 0) is 6.18 Å². The second-order valence-corrected chi connectivity index (χ2v) is 6.73. The summed E-state index contributed by atoms with van der Waals surface area (Å²) >= 11 is 4.61. The highest BCUT2D eigenvalue weighted by atomic mass is 79.9. The Morgan fingerprint density at radius 1 is 0.955 bits per heavy atom. The smallest absolute Gasteiger partial charge is 0.256 e. The van der Waals surface area contributed by atoms with Crippen LogP contribution < -0.4 is 0 Å². The Morgan fingerprint density at radius 3 is 2.36 bits per heavy atom. The number of hydrogen-bond donors (Lipinski definition) is 0. The van der Waals surface area contributed by atoms with Crippen LogP contribution >= 0.6 is 27.3 Å². The van der Waals surface area contributed by atoms with Crippen LogP contribution in [0, 0.1) is 0 Å². The molecule has 3 aromatic rings. The van der Waals surface area contributed by atoms with Gasteiger partial charge in [0.05, 0.1) is 16.1 Å². The third-order valence-corrected chi connectivity index (χ3v) is 4.55. The lowest BCUT2D eigenvalue weighted by Crippen LogP contribution is -2.07. The first-order valence-electron chi connectivity index (χ1n) is 6.20. The molecule has 0 bridgehead atoms. The van der Waals surface area contributed by atoms with Crippen molar-refractivity contribution in [3.63, 3.8) is 0 Å². The Labute approximate surface area is 136 Å². The molecule has 0 spiro atoms. The predicted molar refractivity (Wildman–Crippen MR) is 83.5 cm³/mol. The Morgan fingerprint density at radius 2 is 1.68 bits per heavy atom. The lowest BCUT2D eigenvalue weighted by atomic mass is 9.99. The molecule has 3 rings (SSSR count). The molecule has 1 aromatic carbocycles. The first kappa shape index (κ1) is 15.2. The van der Waals surface area contributed by atoms with Crippen molar-refractivity contribution in [2.75, 3.05) is 0 Å². The predicted octanol–water partition coefficient (Wildman–Crippen LogP) is 5.65. The minimum Gasteiger partial charge on any atom is -0.256 e. The van der Waals surface area contributed by atoms with E-state index in [4.69, 9.17) is 0 Å². The summed E-state index contributed by atoms with van der Waals surface area (Å²) in [6, 6.07) is 8.89. The van der Waals surface area contributed by atoms with Gasteiger partial charge in [-0.3, -0.25) is 4.98 Å². The quantitative estimate of drug-likeness (QED) is 0.570. The summed E-state index contributed by atoms with van der Waals surface area (Å²) in [5.74, 6) is 0. The van der Waals surface area contributed by atoms with Crippen LogP contribution in [0.3, 0.4) is 0 Å². The lowest BCUT2D eigenvalue weighted by molar-refractivity contribution is -0.137. The molecule has 2 nitrogen and oxygen atoms in total. The summed E-state index contributed by atoms with van der Waals surface area (Å²) in [5.41, 5.74) is 0.294. The maximum atomic E-state index is 13.2. The normalized spacial score (nSPS) is 11.6. The number of thiazole rings is 1. The minimum absolute atomic E-state index is 0.0649. The molecule has 0 aliphatic heterocycles. The summed E-state index contributed by atoms with van der Waals surface area (Å²) < 4.78 is 40.3. The molecule has 0 saturated heterocycles. The molecule has 0 unspecified atom stereocenters. The monoisotopic (exact) mass is 384 g/mol. The number of halogens is 4. The van der Waals surface area contributed by atoms with Gasteiger partial charge in [0, 0.05) is 23.5 Å². The molecule has 0 aliphatic rings. The maximum Gasteiger partial charge on any atom is 0.417 e. The Balaban J connectivity index is 2.23. The van der Waals surface area contributed by atoms with E-state index in [9.17, 15) is 13.2 Å². The molecule has 0 aliphatic carbocycles. The van der Waals surface area contributed by atoms with E-state index in [0.717, 1.165) is 10.9 Å². The van der Waals surface area contributed by atoms with Crippen molar-refractivity contribution >= 4 is 27.3 Å². The van der Waals surface area contributed by atoms with Crippen molar-refractivity contribution in [2.45, 2.75) is 6.18 Å². The molecule has 7 heteroatoms. The van der Waals surface area contributed by atoms with Crippen molar-refractivity contribution < 1.29 is 13.2 Å². The third kappa shape index (κ3) is 2.91. The van der Waals surface area contributed by atoms with Gasteiger partial charge in [0.1, 0.15) is 0 Å². The molecule has 0 atom stereocenters. The number of pyridine rings is 1. The Hall–Kier alpha value is -1.73. The Kier molecular flexibility index (Phi) is 4.01. The number of hydrogen-bond acceptors (Lipinski definition) is 3. The van der Waals surface area contributed by atoms with Crippen LogP contribution in [0.15, 0.2) is 52.7 Å². The van der Waals surface area contributed by atoms with Crippen molar-refractivity contribution in [3.8, 4) is 21.7 Å². The molecule has 22 heavy (non-hydrogen) atoms. The average Bonchev–Trinajstić information content (AvgIpc) is 2.93. The summed E-state index contributed by atoms with van der Waals surface area (Å²) in [5, 5.41) is 0. The third-order valence-electron chi connectivity index (χ3n) is 3.04. The van der Waals surface area contributed by atoms with E-state index in [-0.39, 0.29) is 5.56 Å². The minimum atomic E-state index is -4.43. The largest absolute Gasteiger partial charge is 0.417 e. The van der Waals surface area contributed by atoms with Crippen LogP contribution in [0.25, 0.3) is 21.7 Å². The van der Waals surface area contributed by atoms with E-state index in [2.05, 4.69) is 25.9 Å². The number of rotatable bonds is 2. The summed E-state index contributed by atoms with van der Waals surface area (Å²) in [4.78, 5) is 9.01. The zero-order valence-corrected chi connectivity index (χ0v) is 13.3. The van der Waals surface area contributed by atoms with Gasteiger partial charge in [0.25, 0.3) is 0 Å². The molecule has 112 valence electrons. The standard InChI is InChI=1S/C15H8BrF3N2S/c16-14-21-8-12(22-14)10-5-3-7-20-13(10)9-4-1-2-6-11(9)15(17,18)19/h1-8H. The van der Waals surface area contributed by atoms with Gasteiger partial charge in [-0.05, 0) is 34.1 Å². The molecule has 0 N–H and O–H groups in total. The fourth-order valence-electron chi connectivity index (χ4n) is 2.13. The average molecular weight is 385 g/mol. The highest BCUT2D eigenvalue weighted by molar-refractivity contribution is 9.11. The van der Waals surface area contributed by atoms with Crippen LogP contribution in [0.4, 0.5) is 13.2 Å². The van der Waals surface area contributed by atoms with Crippen molar-refractivity contribution in [3.05, 3.63) is 58.3 Å². The molecule has 0 amide bonds. The molecular formula is C15H8BrF3N2S. The second kappa shape index (κ2) is 5.81. The molecule has 0 saturated carbocycles. The van der Waals surface area contributed by atoms with Gasteiger partial charge in [0.15, 0.2) is 3.92 Å². The zero-order valence-electron chi connectivity index (χ0n) is 10.9. The highest BCUT2D eigenvalue weighted by Gasteiger charge is 2.34. The SMILES string of the molecule is FC(F)(F)c1ccccc1-c1ncccc1-c1cnc(Br)s1. The molecule has 2 heterocycles.